The van der Waals surface area contributed by atoms with E-state index in [1.807, 2.05) is 0 Å². The Bertz CT molecular complexity index is 470. The Morgan fingerprint density at radius 1 is 1.14 bits per heavy atom. The molecule has 1 N–H and O–H groups in total. The Morgan fingerprint density at radius 3 is 2.29 bits per heavy atom. The summed E-state index contributed by atoms with van der Waals surface area (Å²) in [5.41, 5.74) is -1.28. The molecule has 0 spiro atoms. The van der Waals surface area contributed by atoms with Crippen molar-refractivity contribution in [3.8, 4) is 0 Å². The maximum atomic E-state index is 12.6. The zero-order valence-electron chi connectivity index (χ0n) is 11.1. The van der Waals surface area contributed by atoms with Gasteiger partial charge < -0.3 is 5.32 Å². The van der Waals surface area contributed by atoms with Crippen molar-refractivity contribution in [3.05, 3.63) is 17.5 Å². The minimum Gasteiger partial charge on any atom is -0.317 e. The maximum absolute atomic E-state index is 12.6. The first-order chi connectivity index (χ1) is 9.65. The lowest BCUT2D eigenvalue weighted by Gasteiger charge is -2.22. The molecule has 1 aliphatic rings. The second kappa shape index (κ2) is 5.86. The zero-order chi connectivity index (χ0) is 15.7. The van der Waals surface area contributed by atoms with E-state index in [1.165, 1.54) is 0 Å². The van der Waals surface area contributed by atoms with E-state index >= 15 is 0 Å². The summed E-state index contributed by atoms with van der Waals surface area (Å²) >= 11 is 0. The zero-order valence-corrected chi connectivity index (χ0v) is 11.1. The highest BCUT2D eigenvalue weighted by Crippen LogP contribution is 2.31. The third-order valence-corrected chi connectivity index (χ3v) is 3.44. The van der Waals surface area contributed by atoms with Gasteiger partial charge in [-0.3, -0.25) is 4.68 Å². The van der Waals surface area contributed by atoms with Gasteiger partial charge in [0.2, 0.25) is 0 Å². The van der Waals surface area contributed by atoms with Crippen molar-refractivity contribution in [1.82, 2.24) is 15.1 Å². The van der Waals surface area contributed by atoms with Gasteiger partial charge in [0.25, 0.3) is 0 Å². The number of piperidine rings is 1. The number of halogens is 6. The van der Waals surface area contributed by atoms with Gasteiger partial charge in [0, 0.05) is 5.69 Å². The monoisotopic (exact) mass is 315 g/mol. The largest absolute Gasteiger partial charge is 0.435 e. The average molecular weight is 315 g/mol. The molecule has 0 bridgehead atoms. The Kier molecular flexibility index (Phi) is 4.50. The molecule has 1 saturated heterocycles. The lowest BCUT2D eigenvalue weighted by Crippen LogP contribution is -2.29. The number of hydrogen-bond acceptors (Lipinski definition) is 2. The lowest BCUT2D eigenvalue weighted by molar-refractivity contribution is -0.149. The van der Waals surface area contributed by atoms with Gasteiger partial charge in [0.1, 0.15) is 6.54 Å². The van der Waals surface area contributed by atoms with Crippen molar-refractivity contribution >= 4 is 0 Å². The molecule has 0 aromatic carbocycles. The van der Waals surface area contributed by atoms with Crippen molar-refractivity contribution < 1.29 is 26.3 Å². The molecule has 0 atom stereocenters. The number of rotatable bonds is 3. The van der Waals surface area contributed by atoms with Crippen LogP contribution in [0.3, 0.4) is 0 Å². The third-order valence-electron chi connectivity index (χ3n) is 3.44. The van der Waals surface area contributed by atoms with Crippen LogP contribution < -0.4 is 5.32 Å². The highest BCUT2D eigenvalue weighted by Gasteiger charge is 2.37. The molecule has 1 aromatic rings. The van der Waals surface area contributed by atoms with Crippen molar-refractivity contribution in [1.29, 1.82) is 0 Å². The van der Waals surface area contributed by atoms with E-state index in [9.17, 15) is 26.3 Å². The summed E-state index contributed by atoms with van der Waals surface area (Å²) in [6, 6.07) is 0.730. The van der Waals surface area contributed by atoms with E-state index in [0.717, 1.165) is 32.0 Å². The number of alkyl halides is 6. The molecule has 120 valence electrons. The quantitative estimate of drug-likeness (QED) is 0.869. The van der Waals surface area contributed by atoms with Gasteiger partial charge in [0.15, 0.2) is 5.69 Å². The fourth-order valence-electron chi connectivity index (χ4n) is 2.45. The molecule has 1 aliphatic heterocycles. The molecule has 2 heterocycles. The summed E-state index contributed by atoms with van der Waals surface area (Å²) in [5, 5.41) is 6.19. The molecule has 9 heteroatoms. The molecular formula is C12H15F6N3. The van der Waals surface area contributed by atoms with Crippen molar-refractivity contribution in [3.63, 3.8) is 0 Å². The summed E-state index contributed by atoms with van der Waals surface area (Å²) in [6.07, 6.45) is -7.69. The van der Waals surface area contributed by atoms with Crippen molar-refractivity contribution in [2.75, 3.05) is 13.1 Å². The normalized spacial score (nSPS) is 18.2. The molecule has 21 heavy (non-hydrogen) atoms. The Balaban J connectivity index is 2.21. The van der Waals surface area contributed by atoms with Gasteiger partial charge in [-0.2, -0.15) is 31.4 Å². The van der Waals surface area contributed by atoms with Crippen molar-refractivity contribution in [2.45, 2.75) is 38.2 Å². The fraction of sp³-hybridized carbons (Fsp3) is 0.750. The average Bonchev–Trinajstić information content (AvgIpc) is 2.71. The molecule has 1 fully saturated rings. The van der Waals surface area contributed by atoms with Gasteiger partial charge >= 0.3 is 12.4 Å². The Hall–Kier alpha value is -1.25. The summed E-state index contributed by atoms with van der Waals surface area (Å²) in [4.78, 5) is 0. The Morgan fingerprint density at radius 2 is 1.76 bits per heavy atom. The highest BCUT2D eigenvalue weighted by atomic mass is 19.4. The molecule has 0 unspecified atom stereocenters. The second-order valence-electron chi connectivity index (χ2n) is 5.19. The minimum atomic E-state index is -4.74. The van der Waals surface area contributed by atoms with Crippen LogP contribution in [0.1, 0.15) is 24.2 Å². The summed E-state index contributed by atoms with van der Waals surface area (Å²) in [5.74, 6) is 0.0796. The molecule has 1 aromatic heterocycles. The maximum Gasteiger partial charge on any atom is 0.435 e. The molecular weight excluding hydrogens is 300 g/mol. The van der Waals surface area contributed by atoms with Crippen LogP contribution in [0.2, 0.25) is 0 Å². The highest BCUT2D eigenvalue weighted by molar-refractivity contribution is 5.14. The van der Waals surface area contributed by atoms with Gasteiger partial charge in [0.05, 0.1) is 0 Å². The van der Waals surface area contributed by atoms with Crippen LogP contribution in [0.5, 0.6) is 0 Å². The summed E-state index contributed by atoms with van der Waals surface area (Å²) in [7, 11) is 0. The number of nitrogens with zero attached hydrogens (tertiary/aromatic N) is 2. The van der Waals surface area contributed by atoms with E-state index in [1.54, 1.807) is 0 Å². The van der Waals surface area contributed by atoms with Crippen LogP contribution in [0.25, 0.3) is 0 Å². The smallest absolute Gasteiger partial charge is 0.317 e. The minimum absolute atomic E-state index is 0.00782. The third kappa shape index (κ3) is 4.62. The molecule has 0 aliphatic carbocycles. The van der Waals surface area contributed by atoms with Crippen LogP contribution in [0, 0.1) is 5.92 Å². The summed E-state index contributed by atoms with van der Waals surface area (Å²) < 4.78 is 75.7. The van der Waals surface area contributed by atoms with Gasteiger partial charge in [-0.05, 0) is 44.3 Å². The van der Waals surface area contributed by atoms with E-state index < -0.39 is 24.6 Å². The topological polar surface area (TPSA) is 29.9 Å². The van der Waals surface area contributed by atoms with Crippen LogP contribution in [0.4, 0.5) is 26.3 Å². The van der Waals surface area contributed by atoms with E-state index in [0.29, 0.717) is 4.68 Å². The second-order valence-corrected chi connectivity index (χ2v) is 5.19. The molecule has 2 rings (SSSR count). The van der Waals surface area contributed by atoms with Crippen molar-refractivity contribution in [2.24, 2.45) is 5.92 Å². The van der Waals surface area contributed by atoms with Gasteiger partial charge in [-0.1, -0.05) is 0 Å². The van der Waals surface area contributed by atoms with Crippen LogP contribution in [-0.4, -0.2) is 29.0 Å². The SMILES string of the molecule is FC(F)(F)Cn1nc(C(F)(F)F)cc1CC1CCNCC1. The number of hydrogen-bond donors (Lipinski definition) is 1. The molecule has 0 amide bonds. The van der Waals surface area contributed by atoms with Crippen LogP contribution in [0.15, 0.2) is 6.07 Å². The predicted molar refractivity (Wildman–Crippen MR) is 62.6 cm³/mol. The van der Waals surface area contributed by atoms with Crippen LogP contribution in [-0.2, 0) is 19.1 Å². The standard InChI is InChI=1S/C12H15F6N3/c13-11(14,15)7-21-9(5-8-1-3-19-4-2-8)6-10(20-21)12(16,17)18/h6,8,19H,1-5,7H2. The van der Waals surface area contributed by atoms with E-state index in [4.69, 9.17) is 0 Å². The van der Waals surface area contributed by atoms with Gasteiger partial charge in [-0.15, -0.1) is 0 Å². The first-order valence-electron chi connectivity index (χ1n) is 6.56. The Labute approximate surface area is 117 Å². The lowest BCUT2D eigenvalue weighted by atomic mass is 9.93. The number of aromatic nitrogens is 2. The molecule has 3 nitrogen and oxygen atoms in total. The first-order valence-corrected chi connectivity index (χ1v) is 6.56. The number of nitrogens with one attached hydrogen (secondary N) is 1. The molecule has 0 saturated carbocycles. The fourth-order valence-corrected chi connectivity index (χ4v) is 2.45. The predicted octanol–water partition coefficient (Wildman–Crippen LogP) is 3.01. The molecule has 0 radical (unpaired) electrons. The van der Waals surface area contributed by atoms with E-state index in [-0.39, 0.29) is 18.0 Å². The first kappa shape index (κ1) is 16.1. The van der Waals surface area contributed by atoms with E-state index in [2.05, 4.69) is 10.4 Å². The summed E-state index contributed by atoms with van der Waals surface area (Å²) in [6.45, 7) is -0.0439. The van der Waals surface area contributed by atoms with Gasteiger partial charge in [-0.25, -0.2) is 0 Å². The van der Waals surface area contributed by atoms with Crippen LogP contribution >= 0.6 is 0 Å².